The van der Waals surface area contributed by atoms with Crippen molar-refractivity contribution in [1.29, 1.82) is 0 Å². The normalized spacial score (nSPS) is 10.8. The number of fused-ring (bicyclic) bond motifs is 3. The van der Waals surface area contributed by atoms with Gasteiger partial charge in [0.05, 0.1) is 5.58 Å². The first-order valence-corrected chi connectivity index (χ1v) is 16.6. The van der Waals surface area contributed by atoms with Crippen LogP contribution in [-0.2, 0) is 32.9 Å². The van der Waals surface area contributed by atoms with Crippen molar-refractivity contribution in [1.82, 2.24) is 15.0 Å². The van der Waals surface area contributed by atoms with Gasteiger partial charge in [-0.05, 0) is 85.0 Å². The molecule has 0 saturated heterocycles. The zero-order chi connectivity index (χ0) is 33.7. The molecular weight excluding hydrogens is 791 g/mol. The van der Waals surface area contributed by atoms with Crippen molar-refractivity contribution >= 4 is 22.1 Å². The minimum Gasteiger partial charge on any atom is -0.486 e. The molecule has 0 aliphatic rings. The number of rotatable bonds is 6. The summed E-state index contributed by atoms with van der Waals surface area (Å²) in [6, 6.07) is 46.1. The van der Waals surface area contributed by atoms with Crippen LogP contribution < -0.4 is 0 Å². The van der Waals surface area contributed by atoms with Crippen molar-refractivity contribution in [2.24, 2.45) is 0 Å². The van der Waals surface area contributed by atoms with Gasteiger partial charge >= 0.3 is 0 Å². The molecule has 249 valence electrons. The molecular formula is C45H37IrN3O-2. The van der Waals surface area contributed by atoms with Crippen LogP contribution in [0, 0.1) is 39.8 Å². The molecule has 4 heterocycles. The average Bonchev–Trinajstić information content (AvgIpc) is 3.52. The summed E-state index contributed by atoms with van der Waals surface area (Å²) in [5.41, 5.74) is 14.7. The van der Waals surface area contributed by atoms with Crippen molar-refractivity contribution < 1.29 is 24.5 Å². The Morgan fingerprint density at radius 1 is 0.640 bits per heavy atom. The van der Waals surface area contributed by atoms with Crippen LogP contribution in [0.5, 0.6) is 0 Å². The number of nitrogens with zero attached hydrogens (tertiary/aromatic N) is 3. The van der Waals surface area contributed by atoms with E-state index in [1.807, 2.05) is 42.7 Å². The van der Waals surface area contributed by atoms with E-state index in [0.29, 0.717) is 5.71 Å². The summed E-state index contributed by atoms with van der Waals surface area (Å²) in [7, 11) is 0. The maximum Gasteiger partial charge on any atom is 0.216 e. The average molecular weight is 828 g/mol. The summed E-state index contributed by atoms with van der Waals surface area (Å²) in [5, 5.41) is 2.05. The number of benzene rings is 4. The molecule has 0 aliphatic carbocycles. The van der Waals surface area contributed by atoms with Crippen LogP contribution >= 0.6 is 0 Å². The monoisotopic (exact) mass is 828 g/mol. The molecule has 0 saturated carbocycles. The van der Waals surface area contributed by atoms with Gasteiger partial charge in [0.2, 0.25) is 5.71 Å². The van der Waals surface area contributed by atoms with Crippen LogP contribution in [0.3, 0.4) is 0 Å². The molecule has 0 N–H and O–H groups in total. The molecule has 1 radical (unpaired) electrons. The van der Waals surface area contributed by atoms with Gasteiger partial charge in [0, 0.05) is 43.6 Å². The smallest absolute Gasteiger partial charge is 0.216 e. The first-order valence-electron chi connectivity index (χ1n) is 16.6. The summed E-state index contributed by atoms with van der Waals surface area (Å²) >= 11 is 0. The third-order valence-corrected chi connectivity index (χ3v) is 8.93. The summed E-state index contributed by atoms with van der Waals surface area (Å²) in [6.45, 7) is 8.33. The van der Waals surface area contributed by atoms with E-state index in [9.17, 15) is 0 Å². The molecule has 4 nitrogen and oxygen atoms in total. The standard InChI is InChI=1S/C31H23N2O.C14H14N.Ir/c1-21-20-32-29(19-28(21)23-11-6-3-7-12-23)27-14-8-13-25-26-18-17-24(33-31(26)34-30(25)27)16-15-22-9-4-2-5-10-22;1-10-4-6-13(7-5-10)14-8-11(2)12(3)9-15-14;/h2-13,17-20H,15-16H2,1H3;4-6,8-9H,1-3H3;/q2*-1;. The van der Waals surface area contributed by atoms with Crippen LogP contribution in [0.1, 0.15) is 33.5 Å². The van der Waals surface area contributed by atoms with E-state index in [0.717, 1.165) is 68.5 Å². The van der Waals surface area contributed by atoms with Crippen LogP contribution in [-0.4, -0.2) is 15.0 Å². The van der Waals surface area contributed by atoms with E-state index in [-0.39, 0.29) is 20.1 Å². The van der Waals surface area contributed by atoms with E-state index < -0.39 is 0 Å². The van der Waals surface area contributed by atoms with Crippen LogP contribution in [0.2, 0.25) is 0 Å². The summed E-state index contributed by atoms with van der Waals surface area (Å²) < 4.78 is 6.32. The van der Waals surface area contributed by atoms with Gasteiger partial charge in [-0.1, -0.05) is 96.2 Å². The van der Waals surface area contributed by atoms with Gasteiger partial charge in [-0.25, -0.2) is 4.98 Å². The summed E-state index contributed by atoms with van der Waals surface area (Å²) in [6.07, 6.45) is 5.66. The van der Waals surface area contributed by atoms with Gasteiger partial charge in [-0.15, -0.1) is 53.6 Å². The molecule has 0 fully saturated rings. The fourth-order valence-corrected chi connectivity index (χ4v) is 5.93. The maximum atomic E-state index is 6.32. The zero-order valence-electron chi connectivity index (χ0n) is 28.6. The molecule has 0 spiro atoms. The van der Waals surface area contributed by atoms with Crippen LogP contribution in [0.25, 0.3) is 55.7 Å². The number of hydrogen-bond acceptors (Lipinski definition) is 4. The number of furan rings is 1. The third-order valence-electron chi connectivity index (χ3n) is 8.93. The molecule has 4 aromatic heterocycles. The van der Waals surface area contributed by atoms with Crippen LogP contribution in [0.4, 0.5) is 0 Å². The molecule has 50 heavy (non-hydrogen) atoms. The Labute approximate surface area is 307 Å². The van der Waals surface area contributed by atoms with Gasteiger partial charge in [-0.3, -0.25) is 0 Å². The minimum absolute atomic E-state index is 0. The van der Waals surface area contributed by atoms with Crippen molar-refractivity contribution in [3.63, 3.8) is 0 Å². The van der Waals surface area contributed by atoms with Gasteiger partial charge < -0.3 is 14.4 Å². The fraction of sp³-hybridized carbons (Fsp3) is 0.133. The van der Waals surface area contributed by atoms with Gasteiger partial charge in [-0.2, -0.15) is 0 Å². The molecule has 0 aliphatic heterocycles. The molecule has 8 rings (SSSR count). The van der Waals surface area contributed by atoms with Crippen molar-refractivity contribution in [3.05, 3.63) is 173 Å². The predicted octanol–water partition coefficient (Wildman–Crippen LogP) is 11.1. The number of pyridine rings is 3. The van der Waals surface area contributed by atoms with E-state index in [1.54, 1.807) is 0 Å². The van der Waals surface area contributed by atoms with Crippen LogP contribution in [0.15, 0.2) is 132 Å². The second-order valence-electron chi connectivity index (χ2n) is 12.5. The molecule has 0 unspecified atom stereocenters. The summed E-state index contributed by atoms with van der Waals surface area (Å²) in [5.74, 6) is 0. The van der Waals surface area contributed by atoms with Crippen molar-refractivity contribution in [2.45, 2.75) is 40.5 Å². The largest absolute Gasteiger partial charge is 0.486 e. The third kappa shape index (κ3) is 7.65. The molecule has 8 aromatic rings. The number of aryl methyl sites for hydroxylation is 6. The van der Waals surface area contributed by atoms with Gasteiger partial charge in [0.15, 0.2) is 0 Å². The SMILES string of the molecule is Cc1c[c-]c(-c2cc(C)c(C)cn2)cc1.Cc1cnc(-c2[c-]ccc3c2oc2nc(CCc4ccccc4)ccc23)cc1-c1ccccc1.[Ir]. The van der Waals surface area contributed by atoms with E-state index >= 15 is 0 Å². The maximum absolute atomic E-state index is 6.32. The summed E-state index contributed by atoms with van der Waals surface area (Å²) in [4.78, 5) is 14.0. The van der Waals surface area contributed by atoms with Crippen molar-refractivity contribution in [3.8, 4) is 33.6 Å². The van der Waals surface area contributed by atoms with Gasteiger partial charge in [0.1, 0.15) is 0 Å². The predicted molar refractivity (Wildman–Crippen MR) is 200 cm³/mol. The van der Waals surface area contributed by atoms with E-state index in [1.165, 1.54) is 27.8 Å². The van der Waals surface area contributed by atoms with Crippen molar-refractivity contribution in [2.75, 3.05) is 0 Å². The number of hydrogen-bond donors (Lipinski definition) is 0. The Hall–Kier alpha value is -5.22. The first-order chi connectivity index (χ1) is 23.9. The molecule has 0 bridgehead atoms. The topological polar surface area (TPSA) is 51.8 Å². The molecule has 0 amide bonds. The number of aromatic nitrogens is 3. The van der Waals surface area contributed by atoms with E-state index in [4.69, 9.17) is 14.4 Å². The Morgan fingerprint density at radius 2 is 1.38 bits per heavy atom. The molecule has 4 aromatic carbocycles. The quantitative estimate of drug-likeness (QED) is 0.157. The Balaban J connectivity index is 0.000000227. The fourth-order valence-electron chi connectivity index (χ4n) is 5.93. The van der Waals surface area contributed by atoms with Gasteiger partial charge in [0.25, 0.3) is 0 Å². The first kappa shape index (κ1) is 34.6. The second-order valence-corrected chi connectivity index (χ2v) is 12.5. The minimum atomic E-state index is 0. The van der Waals surface area contributed by atoms with E-state index in [2.05, 4.69) is 130 Å². The molecule has 5 heteroatoms. The second kappa shape index (κ2) is 15.6. The zero-order valence-corrected chi connectivity index (χ0v) is 31.0. The Kier molecular flexibility index (Phi) is 10.8. The Morgan fingerprint density at radius 3 is 2.12 bits per heavy atom. The molecule has 0 atom stereocenters. The Bertz CT molecular complexity index is 2370.